The minimum Gasteiger partial charge on any atom is -0.274 e. The summed E-state index contributed by atoms with van der Waals surface area (Å²) >= 11 is 0. The lowest BCUT2D eigenvalue weighted by atomic mass is 9.90. The monoisotopic (exact) mass is 333 g/mol. The number of imide groups is 1. The van der Waals surface area contributed by atoms with Crippen LogP contribution in [0.5, 0.6) is 0 Å². The molecule has 2 aromatic rings. The molecule has 3 aliphatic heterocycles. The predicted octanol–water partition coefficient (Wildman–Crippen LogP) is 2.22. The van der Waals surface area contributed by atoms with E-state index in [1.54, 1.807) is 0 Å². The van der Waals surface area contributed by atoms with Gasteiger partial charge in [0.1, 0.15) is 6.04 Å². The van der Waals surface area contributed by atoms with Crippen molar-refractivity contribution in [2.24, 2.45) is 5.92 Å². The summed E-state index contributed by atoms with van der Waals surface area (Å²) in [5.74, 6) is -0.508. The molecule has 5 nitrogen and oxygen atoms in total. The zero-order valence-electron chi connectivity index (χ0n) is 13.8. The van der Waals surface area contributed by atoms with Crippen LogP contribution in [-0.2, 0) is 9.59 Å². The molecule has 0 aliphatic carbocycles. The molecule has 5 heteroatoms. The number of rotatable bonds is 2. The van der Waals surface area contributed by atoms with Crippen molar-refractivity contribution < 1.29 is 9.59 Å². The highest BCUT2D eigenvalue weighted by Gasteiger charge is 2.62. The first kappa shape index (κ1) is 14.8. The Morgan fingerprint density at radius 2 is 1.32 bits per heavy atom. The van der Waals surface area contributed by atoms with Crippen LogP contribution in [-0.4, -0.2) is 41.0 Å². The van der Waals surface area contributed by atoms with Crippen molar-refractivity contribution in [1.82, 2.24) is 10.0 Å². The molecule has 25 heavy (non-hydrogen) atoms. The topological polar surface area (TPSA) is 43.9 Å². The van der Waals surface area contributed by atoms with Crippen molar-refractivity contribution in [3.8, 4) is 0 Å². The standard InChI is InChI=1S/C20H19N3O2/c24-19-16-17(14-8-3-1-4-9-14)21-12-7-13-22(21)18(16)20(25)23(19)15-10-5-2-6-11-15/h1-6,8-11,16-18H,7,12-13H2/t16-,17+,18+/m1/s1. The fourth-order valence-electron chi connectivity index (χ4n) is 4.60. The number of fused-ring (bicyclic) bond motifs is 3. The van der Waals surface area contributed by atoms with E-state index >= 15 is 0 Å². The van der Waals surface area contributed by atoms with Gasteiger partial charge in [0.05, 0.1) is 17.6 Å². The van der Waals surface area contributed by atoms with Crippen LogP contribution >= 0.6 is 0 Å². The number of carbonyl (C=O) groups is 2. The summed E-state index contributed by atoms with van der Waals surface area (Å²) in [6.07, 6.45) is 1.03. The number of nitrogens with zero attached hydrogens (tertiary/aromatic N) is 3. The van der Waals surface area contributed by atoms with Crippen molar-refractivity contribution >= 4 is 17.5 Å². The average molecular weight is 333 g/mol. The summed E-state index contributed by atoms with van der Waals surface area (Å²) < 4.78 is 0. The molecule has 3 fully saturated rings. The van der Waals surface area contributed by atoms with Gasteiger partial charge in [-0.25, -0.2) is 14.9 Å². The Bertz CT molecular complexity index is 823. The number of carbonyl (C=O) groups excluding carboxylic acids is 2. The van der Waals surface area contributed by atoms with Crippen LogP contribution in [0, 0.1) is 5.92 Å². The zero-order chi connectivity index (χ0) is 17.0. The smallest absolute Gasteiger partial charge is 0.253 e. The number of benzene rings is 2. The molecule has 0 bridgehead atoms. The fraction of sp³-hybridized carbons (Fsp3) is 0.300. The Labute approximate surface area is 146 Å². The molecule has 126 valence electrons. The normalized spacial score (nSPS) is 29.3. The van der Waals surface area contributed by atoms with E-state index in [1.165, 1.54) is 4.90 Å². The van der Waals surface area contributed by atoms with E-state index in [1.807, 2.05) is 48.5 Å². The molecule has 2 aromatic carbocycles. The first-order chi connectivity index (χ1) is 12.3. The van der Waals surface area contributed by atoms with E-state index in [2.05, 4.69) is 22.2 Å². The van der Waals surface area contributed by atoms with E-state index in [0.29, 0.717) is 5.69 Å². The third-order valence-corrected chi connectivity index (χ3v) is 5.56. The van der Waals surface area contributed by atoms with Crippen LogP contribution in [0.3, 0.4) is 0 Å². The van der Waals surface area contributed by atoms with Crippen LogP contribution in [0.1, 0.15) is 18.0 Å². The molecule has 0 unspecified atom stereocenters. The van der Waals surface area contributed by atoms with Gasteiger partial charge in [-0.3, -0.25) is 9.59 Å². The second kappa shape index (κ2) is 5.51. The molecule has 0 saturated carbocycles. The molecule has 2 amide bonds. The maximum absolute atomic E-state index is 13.3. The molecule has 0 aromatic heterocycles. The summed E-state index contributed by atoms with van der Waals surface area (Å²) in [5.41, 5.74) is 1.78. The molecule has 0 N–H and O–H groups in total. The molecule has 0 spiro atoms. The predicted molar refractivity (Wildman–Crippen MR) is 93.4 cm³/mol. The van der Waals surface area contributed by atoms with E-state index in [0.717, 1.165) is 25.1 Å². The maximum atomic E-state index is 13.3. The number of anilines is 1. The summed E-state index contributed by atoms with van der Waals surface area (Å²) in [5, 5.41) is 4.37. The lowest BCUT2D eigenvalue weighted by Gasteiger charge is -2.29. The summed E-state index contributed by atoms with van der Waals surface area (Å²) in [4.78, 5) is 27.8. The van der Waals surface area contributed by atoms with Crippen LogP contribution in [0.25, 0.3) is 0 Å². The quantitative estimate of drug-likeness (QED) is 0.791. The van der Waals surface area contributed by atoms with Crippen molar-refractivity contribution in [3.63, 3.8) is 0 Å². The van der Waals surface area contributed by atoms with Crippen LogP contribution in [0.2, 0.25) is 0 Å². The highest BCUT2D eigenvalue weighted by molar-refractivity contribution is 6.24. The van der Waals surface area contributed by atoms with Crippen molar-refractivity contribution in [1.29, 1.82) is 0 Å². The van der Waals surface area contributed by atoms with E-state index in [4.69, 9.17) is 0 Å². The van der Waals surface area contributed by atoms with Crippen molar-refractivity contribution in [2.45, 2.75) is 18.5 Å². The van der Waals surface area contributed by atoms with Gasteiger partial charge in [-0.1, -0.05) is 48.5 Å². The van der Waals surface area contributed by atoms with Gasteiger partial charge in [0.2, 0.25) is 5.91 Å². The lowest BCUT2D eigenvalue weighted by molar-refractivity contribution is -0.126. The van der Waals surface area contributed by atoms with Crippen LogP contribution in [0.15, 0.2) is 60.7 Å². The fourth-order valence-corrected chi connectivity index (χ4v) is 4.60. The first-order valence-corrected chi connectivity index (χ1v) is 8.78. The van der Waals surface area contributed by atoms with Gasteiger partial charge in [-0.2, -0.15) is 0 Å². The Morgan fingerprint density at radius 1 is 0.720 bits per heavy atom. The average Bonchev–Trinajstić information content (AvgIpc) is 3.29. The molecule has 0 radical (unpaired) electrons. The molecule has 3 atom stereocenters. The third-order valence-electron chi connectivity index (χ3n) is 5.56. The number of amides is 2. The van der Waals surface area contributed by atoms with Gasteiger partial charge >= 0.3 is 0 Å². The van der Waals surface area contributed by atoms with E-state index < -0.39 is 0 Å². The molecular formula is C20H19N3O2. The summed E-state index contributed by atoms with van der Waals surface area (Å²) in [6, 6.07) is 18.9. The molecule has 3 heterocycles. The molecule has 3 aliphatic rings. The van der Waals surface area contributed by atoms with Gasteiger partial charge < -0.3 is 0 Å². The van der Waals surface area contributed by atoms with Gasteiger partial charge in [-0.05, 0) is 24.1 Å². The summed E-state index contributed by atoms with van der Waals surface area (Å²) in [6.45, 7) is 1.74. The highest BCUT2D eigenvalue weighted by atomic mass is 16.2. The Morgan fingerprint density at radius 3 is 2.00 bits per heavy atom. The molecule has 3 saturated heterocycles. The number of hydrazine groups is 1. The van der Waals surface area contributed by atoms with Gasteiger partial charge in [0.15, 0.2) is 0 Å². The van der Waals surface area contributed by atoms with Crippen molar-refractivity contribution in [3.05, 3.63) is 66.2 Å². The SMILES string of the molecule is O=C1[C@H]2[C@@H](C(=O)N1c1ccccc1)N1CCCN1[C@H]2c1ccccc1. The minimum absolute atomic E-state index is 0.0566. The van der Waals surface area contributed by atoms with E-state index in [-0.39, 0.29) is 29.8 Å². The second-order valence-corrected chi connectivity index (χ2v) is 6.85. The highest BCUT2D eigenvalue weighted by Crippen LogP contribution is 2.48. The second-order valence-electron chi connectivity index (χ2n) is 6.85. The maximum Gasteiger partial charge on any atom is 0.253 e. The minimum atomic E-state index is -0.375. The van der Waals surface area contributed by atoms with Gasteiger partial charge in [-0.15, -0.1) is 0 Å². The van der Waals surface area contributed by atoms with Crippen LogP contribution < -0.4 is 4.90 Å². The Kier molecular flexibility index (Phi) is 3.26. The van der Waals surface area contributed by atoms with Crippen molar-refractivity contribution in [2.75, 3.05) is 18.0 Å². The lowest BCUT2D eigenvalue weighted by Crippen LogP contribution is -2.44. The van der Waals surface area contributed by atoms with Gasteiger partial charge in [0, 0.05) is 13.1 Å². The molecule has 5 rings (SSSR count). The van der Waals surface area contributed by atoms with Crippen LogP contribution in [0.4, 0.5) is 5.69 Å². The third kappa shape index (κ3) is 2.03. The summed E-state index contributed by atoms with van der Waals surface area (Å²) in [7, 11) is 0. The number of hydrogen-bond donors (Lipinski definition) is 0. The van der Waals surface area contributed by atoms with E-state index in [9.17, 15) is 9.59 Å². The molecular weight excluding hydrogens is 314 g/mol. The largest absolute Gasteiger partial charge is 0.274 e. The zero-order valence-corrected chi connectivity index (χ0v) is 13.8. The Hall–Kier alpha value is -2.50. The number of para-hydroxylation sites is 1. The first-order valence-electron chi connectivity index (χ1n) is 8.78. The Balaban J connectivity index is 1.60. The number of hydrogen-bond acceptors (Lipinski definition) is 4. The van der Waals surface area contributed by atoms with Gasteiger partial charge in [0.25, 0.3) is 5.91 Å².